The predicted octanol–water partition coefficient (Wildman–Crippen LogP) is 0.803. The number of nitrogens with two attached hydrogens (primary N) is 4. The van der Waals surface area contributed by atoms with Gasteiger partial charge in [0.25, 0.3) is 0 Å². The second-order valence-corrected chi connectivity index (χ2v) is 3.62. The second kappa shape index (κ2) is 16.0. The molecule has 0 heterocycles. The van der Waals surface area contributed by atoms with Crippen LogP contribution in [0.15, 0.2) is 0 Å². The summed E-state index contributed by atoms with van der Waals surface area (Å²) in [4.78, 5) is 0. The summed E-state index contributed by atoms with van der Waals surface area (Å²) < 4.78 is 0. The minimum Gasteiger partial charge on any atom is -0.327 e. The fourth-order valence-electron chi connectivity index (χ4n) is 0.911. The molecule has 0 aromatic heterocycles. The molecule has 0 bridgehead atoms. The van der Waals surface area contributed by atoms with Crippen LogP contribution in [0.4, 0.5) is 0 Å². The zero-order valence-corrected chi connectivity index (χ0v) is 12.9. The molecule has 0 rings (SSSR count). The molecule has 0 spiro atoms. The van der Waals surface area contributed by atoms with E-state index >= 15 is 0 Å². The van der Waals surface area contributed by atoms with E-state index in [1.807, 2.05) is 13.8 Å². The summed E-state index contributed by atoms with van der Waals surface area (Å²) in [6.07, 6.45) is 1.70. The summed E-state index contributed by atoms with van der Waals surface area (Å²) in [5.41, 5.74) is 22.7. The van der Waals surface area contributed by atoms with E-state index in [0.29, 0.717) is 0 Å². The Kier molecular flexibility index (Phi) is 30.2. The minimum atomic E-state index is 0. The molecule has 106 valence electrons. The molecule has 0 aliphatic rings. The van der Waals surface area contributed by atoms with Crippen LogP contribution in [-0.2, 0) is 0 Å². The zero-order chi connectivity index (χ0) is 9.72. The van der Waals surface area contributed by atoms with Crippen molar-refractivity contribution in [2.75, 3.05) is 0 Å². The van der Waals surface area contributed by atoms with Gasteiger partial charge in [-0.2, -0.15) is 0 Å². The smallest absolute Gasteiger partial charge is 0.0190 e. The third-order valence-corrected chi connectivity index (χ3v) is 2.18. The van der Waals surface area contributed by atoms with E-state index in [-0.39, 0.29) is 73.8 Å². The molecule has 0 saturated heterocycles. The molecule has 4 nitrogen and oxygen atoms in total. The first kappa shape index (κ1) is 30.2. The average Bonchev–Trinajstić information content (AvgIpc) is 1.98. The molecule has 0 aromatic rings. The van der Waals surface area contributed by atoms with Crippen molar-refractivity contribution in [1.82, 2.24) is 0 Å². The lowest BCUT2D eigenvalue weighted by atomic mass is 9.99. The molecule has 16 heavy (non-hydrogen) atoms. The molecule has 8 heteroatoms. The van der Waals surface area contributed by atoms with Crippen molar-refractivity contribution in [2.45, 2.75) is 50.9 Å². The molecule has 0 aliphatic carbocycles. The molecular formula is C8H26Cl4N4. The number of hydrogen-bond donors (Lipinski definition) is 4. The molecule has 0 saturated carbocycles. The van der Waals surface area contributed by atoms with Crippen LogP contribution in [0.5, 0.6) is 0 Å². The lowest BCUT2D eigenvalue weighted by Gasteiger charge is -2.20. The highest BCUT2D eigenvalue weighted by molar-refractivity contribution is 5.86. The maximum atomic E-state index is 5.74. The Morgan fingerprint density at radius 3 is 0.938 bits per heavy atom. The van der Waals surface area contributed by atoms with E-state index in [1.54, 1.807) is 0 Å². The van der Waals surface area contributed by atoms with Gasteiger partial charge in [0.05, 0.1) is 0 Å². The zero-order valence-electron chi connectivity index (χ0n) is 9.67. The Hall–Kier alpha value is 1.00. The van der Waals surface area contributed by atoms with Crippen LogP contribution in [-0.4, -0.2) is 24.2 Å². The van der Waals surface area contributed by atoms with Gasteiger partial charge in [-0.25, -0.2) is 0 Å². The summed E-state index contributed by atoms with van der Waals surface area (Å²) in [6, 6.07) is 0.139. The van der Waals surface area contributed by atoms with Crippen LogP contribution in [0, 0.1) is 0 Å². The van der Waals surface area contributed by atoms with Gasteiger partial charge in [0.2, 0.25) is 0 Å². The van der Waals surface area contributed by atoms with E-state index in [0.717, 1.165) is 12.8 Å². The Morgan fingerprint density at radius 1 is 0.625 bits per heavy atom. The monoisotopic (exact) mass is 318 g/mol. The lowest BCUT2D eigenvalue weighted by molar-refractivity contribution is 0.443. The van der Waals surface area contributed by atoms with Crippen LogP contribution in [0.3, 0.4) is 0 Å². The standard InChI is InChI=1S/C8H22N4.4ClH/c1-5(9)7(11)3-4-8(12)6(2)10;;;;/h5-8H,3-4,9-12H2,1-2H3;4*1H. The molecule has 0 amide bonds. The summed E-state index contributed by atoms with van der Waals surface area (Å²) in [5, 5.41) is 0. The topological polar surface area (TPSA) is 104 Å². The molecule has 0 aliphatic heterocycles. The molecular weight excluding hydrogens is 294 g/mol. The number of rotatable bonds is 5. The maximum absolute atomic E-state index is 5.74. The quantitative estimate of drug-likeness (QED) is 0.601. The van der Waals surface area contributed by atoms with Gasteiger partial charge in [-0.1, -0.05) is 0 Å². The van der Waals surface area contributed by atoms with Gasteiger partial charge in [0.15, 0.2) is 0 Å². The van der Waals surface area contributed by atoms with Crippen molar-refractivity contribution in [1.29, 1.82) is 0 Å². The van der Waals surface area contributed by atoms with Gasteiger partial charge >= 0.3 is 0 Å². The summed E-state index contributed by atoms with van der Waals surface area (Å²) >= 11 is 0. The highest BCUT2D eigenvalue weighted by Gasteiger charge is 2.12. The van der Waals surface area contributed by atoms with E-state index in [1.165, 1.54) is 0 Å². The van der Waals surface area contributed by atoms with Gasteiger partial charge in [0.1, 0.15) is 0 Å². The van der Waals surface area contributed by atoms with Crippen molar-refractivity contribution in [3.8, 4) is 0 Å². The van der Waals surface area contributed by atoms with E-state index in [2.05, 4.69) is 0 Å². The first-order valence-corrected chi connectivity index (χ1v) is 4.47. The van der Waals surface area contributed by atoms with Crippen LogP contribution in [0.1, 0.15) is 26.7 Å². The highest BCUT2D eigenvalue weighted by atomic mass is 35.5. The van der Waals surface area contributed by atoms with E-state index in [9.17, 15) is 0 Å². The van der Waals surface area contributed by atoms with Crippen molar-refractivity contribution in [3.63, 3.8) is 0 Å². The molecule has 0 radical (unpaired) electrons. The fraction of sp³-hybridized carbons (Fsp3) is 1.00. The van der Waals surface area contributed by atoms with Crippen molar-refractivity contribution in [3.05, 3.63) is 0 Å². The molecule has 0 fully saturated rings. The average molecular weight is 320 g/mol. The van der Waals surface area contributed by atoms with Gasteiger partial charge in [-0.05, 0) is 26.7 Å². The third kappa shape index (κ3) is 15.0. The van der Waals surface area contributed by atoms with Gasteiger partial charge in [0, 0.05) is 24.2 Å². The summed E-state index contributed by atoms with van der Waals surface area (Å²) in [7, 11) is 0. The van der Waals surface area contributed by atoms with Crippen LogP contribution < -0.4 is 22.9 Å². The largest absolute Gasteiger partial charge is 0.327 e. The number of hydrogen-bond acceptors (Lipinski definition) is 4. The highest BCUT2D eigenvalue weighted by Crippen LogP contribution is 2.02. The Bertz CT molecular complexity index is 113. The number of halogens is 4. The molecule has 0 aromatic carbocycles. The maximum Gasteiger partial charge on any atom is 0.0190 e. The van der Waals surface area contributed by atoms with Gasteiger partial charge in [-0.15, -0.1) is 49.6 Å². The summed E-state index contributed by atoms with van der Waals surface area (Å²) in [6.45, 7) is 3.81. The first-order chi connectivity index (χ1) is 5.45. The van der Waals surface area contributed by atoms with E-state index < -0.39 is 0 Å². The van der Waals surface area contributed by atoms with E-state index in [4.69, 9.17) is 22.9 Å². The Morgan fingerprint density at radius 2 is 0.812 bits per heavy atom. The Balaban J connectivity index is -0.000000101. The van der Waals surface area contributed by atoms with Gasteiger partial charge in [-0.3, -0.25) is 0 Å². The third-order valence-electron chi connectivity index (χ3n) is 2.18. The van der Waals surface area contributed by atoms with Crippen molar-refractivity contribution >= 4 is 49.6 Å². The van der Waals surface area contributed by atoms with Crippen molar-refractivity contribution < 1.29 is 0 Å². The molecule has 4 unspecified atom stereocenters. The normalized spacial score (nSPS) is 16.1. The second-order valence-electron chi connectivity index (χ2n) is 3.62. The van der Waals surface area contributed by atoms with Crippen LogP contribution in [0.25, 0.3) is 0 Å². The minimum absolute atomic E-state index is 0. The van der Waals surface area contributed by atoms with Gasteiger partial charge < -0.3 is 22.9 Å². The molecule has 8 N–H and O–H groups in total. The Labute approximate surface area is 123 Å². The lowest BCUT2D eigenvalue weighted by Crippen LogP contribution is -2.43. The molecule has 4 atom stereocenters. The van der Waals surface area contributed by atoms with Crippen LogP contribution in [0.2, 0.25) is 0 Å². The van der Waals surface area contributed by atoms with Crippen LogP contribution >= 0.6 is 49.6 Å². The summed E-state index contributed by atoms with van der Waals surface area (Å²) in [5.74, 6) is 0. The van der Waals surface area contributed by atoms with Crippen molar-refractivity contribution in [2.24, 2.45) is 22.9 Å². The SMILES string of the molecule is CC(N)C(N)CCC(N)C(C)N.Cl.Cl.Cl.Cl. The fourth-order valence-corrected chi connectivity index (χ4v) is 0.911. The predicted molar refractivity (Wildman–Crippen MR) is 81.5 cm³/mol. The first-order valence-electron chi connectivity index (χ1n) is 4.47.